The van der Waals surface area contributed by atoms with Crippen LogP contribution in [-0.2, 0) is 40.0 Å². The molecule has 2 heterocycles. The summed E-state index contributed by atoms with van der Waals surface area (Å²) in [6.07, 6.45) is 1.04. The standard InChI is InChI=1S/C22H25FN2O4.C19H19FN2O4.C3H7Br/c1-14(2)29-19-10-9-18-20(17(19)13-15-5-7-16(23)8-6-15)21(27)25(11-4-12-26)22(28)24(18)3;1-21-15-7-8-16(24)14(11-12-3-5-13(20)6-4-12)17(15)18(25)22(19(21)26)9-2-10-23;1-3(2)4/h5-10,14,26H,4,11-13H2,1-3H3;3-8,23-24H,2,9-11H2,1H3;3H,1-2H3. The van der Waals surface area contributed by atoms with E-state index in [1.165, 1.54) is 45.5 Å². The Hall–Kier alpha value is -5.38. The first-order valence-corrected chi connectivity index (χ1v) is 20.1. The molecule has 12 nitrogen and oxygen atoms in total. The molecule has 6 rings (SSSR count). The lowest BCUT2D eigenvalue weighted by molar-refractivity contribution is 0.240. The summed E-state index contributed by atoms with van der Waals surface area (Å²) in [5.41, 5.74) is 1.67. The number of aromatic nitrogens is 4. The van der Waals surface area contributed by atoms with Crippen LogP contribution >= 0.6 is 15.9 Å². The van der Waals surface area contributed by atoms with Crippen LogP contribution in [0.2, 0.25) is 0 Å². The van der Waals surface area contributed by atoms with E-state index < -0.39 is 22.5 Å². The van der Waals surface area contributed by atoms with Crippen LogP contribution in [0.3, 0.4) is 0 Å². The van der Waals surface area contributed by atoms with E-state index in [9.17, 15) is 33.1 Å². The van der Waals surface area contributed by atoms with E-state index in [-0.39, 0.29) is 68.0 Å². The van der Waals surface area contributed by atoms with Crippen molar-refractivity contribution in [2.75, 3.05) is 13.2 Å². The van der Waals surface area contributed by atoms with Gasteiger partial charge in [-0.3, -0.25) is 27.9 Å². The molecule has 316 valence electrons. The fourth-order valence-corrected chi connectivity index (χ4v) is 6.47. The van der Waals surface area contributed by atoms with Gasteiger partial charge in [0.2, 0.25) is 0 Å². The minimum atomic E-state index is -0.510. The van der Waals surface area contributed by atoms with Crippen LogP contribution in [0.4, 0.5) is 8.78 Å². The first kappa shape index (κ1) is 46.3. The minimum Gasteiger partial charge on any atom is -0.508 e. The number of halogens is 3. The van der Waals surface area contributed by atoms with Crippen molar-refractivity contribution in [2.24, 2.45) is 14.1 Å². The second-order valence-electron chi connectivity index (χ2n) is 14.4. The highest BCUT2D eigenvalue weighted by atomic mass is 79.9. The third kappa shape index (κ3) is 11.4. The molecular weight excluding hydrogens is 830 g/mol. The normalized spacial score (nSPS) is 11.1. The topological polar surface area (TPSA) is 158 Å². The number of aliphatic hydroxyl groups excluding tert-OH is 2. The van der Waals surface area contributed by atoms with Crippen molar-refractivity contribution in [1.82, 2.24) is 18.3 Å². The lowest BCUT2D eigenvalue weighted by Gasteiger charge is -2.18. The van der Waals surface area contributed by atoms with Crippen LogP contribution in [0.25, 0.3) is 21.8 Å². The van der Waals surface area contributed by atoms with Gasteiger partial charge in [0.1, 0.15) is 23.1 Å². The summed E-state index contributed by atoms with van der Waals surface area (Å²) >= 11 is 3.27. The Bertz CT molecular complexity index is 2610. The van der Waals surface area contributed by atoms with Gasteiger partial charge in [-0.05, 0) is 86.3 Å². The molecule has 4 aromatic carbocycles. The summed E-state index contributed by atoms with van der Waals surface area (Å²) in [6.45, 7) is 7.91. The Balaban J connectivity index is 0.000000240. The van der Waals surface area contributed by atoms with Gasteiger partial charge in [-0.25, -0.2) is 18.4 Å². The Morgan fingerprint density at radius 2 is 1.02 bits per heavy atom. The van der Waals surface area contributed by atoms with Crippen LogP contribution in [-0.4, -0.2) is 57.7 Å². The van der Waals surface area contributed by atoms with Crippen molar-refractivity contribution in [1.29, 1.82) is 0 Å². The molecule has 59 heavy (non-hydrogen) atoms. The van der Waals surface area contributed by atoms with Crippen LogP contribution in [0, 0.1) is 11.6 Å². The lowest BCUT2D eigenvalue weighted by Crippen LogP contribution is -2.39. The first-order chi connectivity index (χ1) is 28.0. The molecule has 0 spiro atoms. The van der Waals surface area contributed by atoms with Gasteiger partial charge in [0.05, 0.1) is 27.9 Å². The summed E-state index contributed by atoms with van der Waals surface area (Å²) in [5.74, 6) is -0.212. The number of ether oxygens (including phenoxy) is 1. The van der Waals surface area contributed by atoms with Crippen LogP contribution in [0.15, 0.2) is 92.0 Å². The molecule has 0 saturated carbocycles. The average molecular weight is 882 g/mol. The minimum absolute atomic E-state index is 0.0636. The number of benzene rings is 4. The highest BCUT2D eigenvalue weighted by molar-refractivity contribution is 9.09. The van der Waals surface area contributed by atoms with Crippen LogP contribution in [0.5, 0.6) is 11.5 Å². The maximum atomic E-state index is 13.3. The van der Waals surface area contributed by atoms with Gasteiger partial charge in [0.15, 0.2) is 0 Å². The second kappa shape index (κ2) is 21.0. The first-order valence-electron chi connectivity index (χ1n) is 19.2. The molecule has 0 saturated heterocycles. The maximum absolute atomic E-state index is 13.3. The monoisotopic (exact) mass is 880 g/mol. The summed E-state index contributed by atoms with van der Waals surface area (Å²) in [6, 6.07) is 18.3. The maximum Gasteiger partial charge on any atom is 0.331 e. The van der Waals surface area contributed by atoms with Gasteiger partial charge in [-0.15, -0.1) is 0 Å². The molecule has 0 amide bonds. The molecule has 6 aromatic rings. The molecule has 0 radical (unpaired) electrons. The zero-order valence-electron chi connectivity index (χ0n) is 34.0. The molecular formula is C44H51BrF2N4O8. The SMILES string of the molecule is CC(C)Br.CC(C)Oc1ccc2c(c1Cc1ccc(F)cc1)c(=O)n(CCCO)c(=O)n2C.Cn1c(=O)n(CCCO)c(=O)c2c(Cc3ccc(F)cc3)c(O)ccc21. The number of phenolic OH excluding ortho intramolecular Hbond substituents is 1. The van der Waals surface area contributed by atoms with Crippen LogP contribution in [0.1, 0.15) is 62.8 Å². The van der Waals surface area contributed by atoms with Crippen molar-refractivity contribution in [3.05, 3.63) is 148 Å². The summed E-state index contributed by atoms with van der Waals surface area (Å²) in [4.78, 5) is 51.9. The third-order valence-corrected chi connectivity index (χ3v) is 9.22. The molecule has 0 bridgehead atoms. The largest absolute Gasteiger partial charge is 0.508 e. The number of hydrogen-bond donors (Lipinski definition) is 3. The van der Waals surface area contributed by atoms with Crippen molar-refractivity contribution in [3.63, 3.8) is 0 Å². The smallest absolute Gasteiger partial charge is 0.331 e. The van der Waals surface area contributed by atoms with Gasteiger partial charge >= 0.3 is 11.4 Å². The number of nitrogens with zero attached hydrogens (tertiary/aromatic N) is 4. The van der Waals surface area contributed by atoms with E-state index in [2.05, 4.69) is 29.8 Å². The fourth-order valence-electron chi connectivity index (χ4n) is 6.47. The molecule has 0 atom stereocenters. The van der Waals surface area contributed by atoms with Gasteiger partial charge < -0.3 is 20.1 Å². The fraction of sp³-hybridized carbons (Fsp3) is 0.364. The zero-order chi connectivity index (χ0) is 43.6. The molecule has 3 N–H and O–H groups in total. The van der Waals surface area contributed by atoms with E-state index in [1.54, 1.807) is 50.5 Å². The Morgan fingerprint density at radius 3 is 1.42 bits per heavy atom. The number of rotatable bonds is 12. The molecule has 0 aliphatic carbocycles. The second-order valence-corrected chi connectivity index (χ2v) is 16.3. The van der Waals surface area contributed by atoms with Gasteiger partial charge in [0, 0.05) is 69.2 Å². The summed E-state index contributed by atoms with van der Waals surface area (Å²) in [5, 5.41) is 29.1. The number of aromatic hydroxyl groups is 1. The molecule has 0 aliphatic rings. The predicted molar refractivity (Wildman–Crippen MR) is 230 cm³/mol. The third-order valence-electron chi connectivity index (χ3n) is 9.22. The zero-order valence-corrected chi connectivity index (χ0v) is 35.6. The van der Waals surface area contributed by atoms with E-state index in [1.807, 2.05) is 13.8 Å². The lowest BCUT2D eigenvalue weighted by atomic mass is 9.99. The van der Waals surface area contributed by atoms with Gasteiger partial charge in [-0.1, -0.05) is 54.0 Å². The van der Waals surface area contributed by atoms with Crippen molar-refractivity contribution >= 4 is 37.7 Å². The average Bonchev–Trinajstić information content (AvgIpc) is 3.19. The molecule has 2 aromatic heterocycles. The molecule has 15 heteroatoms. The van der Waals surface area contributed by atoms with Crippen molar-refractivity contribution in [3.8, 4) is 11.5 Å². The number of hydrogen-bond acceptors (Lipinski definition) is 8. The number of phenols is 1. The Morgan fingerprint density at radius 1 is 0.627 bits per heavy atom. The Labute approximate surface area is 348 Å². The van der Waals surface area contributed by atoms with Gasteiger partial charge in [0.25, 0.3) is 11.1 Å². The van der Waals surface area contributed by atoms with Gasteiger partial charge in [-0.2, -0.15) is 0 Å². The summed E-state index contributed by atoms with van der Waals surface area (Å²) in [7, 11) is 3.17. The molecule has 0 unspecified atom stereocenters. The highest BCUT2D eigenvalue weighted by Gasteiger charge is 2.20. The van der Waals surface area contributed by atoms with E-state index >= 15 is 0 Å². The number of alkyl halides is 1. The number of aliphatic hydroxyl groups is 2. The van der Waals surface area contributed by atoms with E-state index in [0.717, 1.165) is 20.3 Å². The van der Waals surface area contributed by atoms with Crippen LogP contribution < -0.4 is 27.2 Å². The van der Waals surface area contributed by atoms with Crippen molar-refractivity contribution < 1.29 is 28.8 Å². The summed E-state index contributed by atoms with van der Waals surface area (Å²) < 4.78 is 37.4. The molecule has 0 fully saturated rings. The Kier molecular flexibility index (Phi) is 16.5. The predicted octanol–water partition coefficient (Wildman–Crippen LogP) is 5.91. The van der Waals surface area contributed by atoms with E-state index in [4.69, 9.17) is 14.9 Å². The molecule has 0 aliphatic heterocycles. The number of fused-ring (bicyclic) bond motifs is 2. The number of aryl methyl sites for hydroxylation is 2. The quantitative estimate of drug-likeness (QED) is 0.128. The van der Waals surface area contributed by atoms with Crippen molar-refractivity contribution in [2.45, 2.75) is 77.4 Å². The van der Waals surface area contributed by atoms with E-state index in [0.29, 0.717) is 51.0 Å². The highest BCUT2D eigenvalue weighted by Crippen LogP contribution is 2.30.